The van der Waals surface area contributed by atoms with E-state index in [-0.39, 0.29) is 0 Å². The van der Waals surface area contributed by atoms with Crippen LogP contribution in [0.3, 0.4) is 0 Å². The number of carbonyl (C=O) groups is 1. The molecule has 0 spiro atoms. The highest BCUT2D eigenvalue weighted by molar-refractivity contribution is 5.67. The van der Waals surface area contributed by atoms with E-state index in [4.69, 9.17) is 9.47 Å². The maximum Gasteiger partial charge on any atom is 0.422 e. The monoisotopic (exact) mass is 286 g/mol. The molecule has 0 aromatic rings. The zero-order valence-corrected chi connectivity index (χ0v) is 13.3. The largest absolute Gasteiger partial charge is 0.443 e. The fourth-order valence-corrected chi connectivity index (χ4v) is 2.23. The molecule has 118 valence electrons. The third-order valence-corrected chi connectivity index (χ3v) is 3.30. The first-order valence-corrected chi connectivity index (χ1v) is 7.77. The number of carbonyl (C=O) groups excluding carboxylic acids is 1. The predicted molar refractivity (Wildman–Crippen MR) is 79.4 cm³/mol. The third-order valence-electron chi connectivity index (χ3n) is 3.30. The van der Waals surface area contributed by atoms with Gasteiger partial charge in [0.1, 0.15) is 5.60 Å². The van der Waals surface area contributed by atoms with E-state index in [9.17, 15) is 4.79 Å². The summed E-state index contributed by atoms with van der Waals surface area (Å²) < 4.78 is 11.0. The Balaban J connectivity index is 2.12. The van der Waals surface area contributed by atoms with Crippen LogP contribution in [0.2, 0.25) is 0 Å². The predicted octanol–water partition coefficient (Wildman–Crippen LogP) is 3.14. The highest BCUT2D eigenvalue weighted by Gasteiger charge is 2.22. The molecule has 1 aliphatic carbocycles. The molecule has 0 atom stereocenters. The average Bonchev–Trinajstić information content (AvgIpc) is 2.36. The van der Waals surface area contributed by atoms with Crippen LogP contribution >= 0.6 is 0 Å². The summed E-state index contributed by atoms with van der Waals surface area (Å²) in [7, 11) is 0. The Kier molecular flexibility index (Phi) is 7.30. The molecule has 2 N–H and O–H groups in total. The van der Waals surface area contributed by atoms with Crippen molar-refractivity contribution in [3.63, 3.8) is 0 Å². The van der Waals surface area contributed by atoms with Crippen LogP contribution in [-0.4, -0.2) is 30.4 Å². The molecule has 1 fully saturated rings. The van der Waals surface area contributed by atoms with Gasteiger partial charge in [-0.05, 0) is 52.9 Å². The normalized spacial score (nSPS) is 23.4. The molecule has 0 aromatic heterocycles. The summed E-state index contributed by atoms with van der Waals surface area (Å²) in [5.74, 6) is 0. The third kappa shape index (κ3) is 7.70. The van der Waals surface area contributed by atoms with Gasteiger partial charge in [-0.25, -0.2) is 10.2 Å². The van der Waals surface area contributed by atoms with Crippen molar-refractivity contribution in [2.45, 2.75) is 84.0 Å². The Hall–Kier alpha value is -0.810. The first-order valence-electron chi connectivity index (χ1n) is 7.77. The molecule has 1 amide bonds. The fourth-order valence-electron chi connectivity index (χ4n) is 2.23. The number of rotatable bonds is 6. The lowest BCUT2D eigenvalue weighted by atomic mass is 9.93. The lowest BCUT2D eigenvalue weighted by Gasteiger charge is -2.29. The first-order chi connectivity index (χ1) is 9.40. The molecular formula is C15H30N2O3. The van der Waals surface area contributed by atoms with Gasteiger partial charge in [-0.2, -0.15) is 0 Å². The van der Waals surface area contributed by atoms with Gasteiger partial charge in [-0.3, -0.25) is 5.43 Å². The average molecular weight is 286 g/mol. The van der Waals surface area contributed by atoms with E-state index < -0.39 is 11.7 Å². The van der Waals surface area contributed by atoms with Gasteiger partial charge >= 0.3 is 6.09 Å². The summed E-state index contributed by atoms with van der Waals surface area (Å²) in [5, 5.41) is 0. The van der Waals surface area contributed by atoms with Crippen LogP contribution in [0.15, 0.2) is 0 Å². The number of amides is 1. The summed E-state index contributed by atoms with van der Waals surface area (Å²) in [6.07, 6.45) is 6.43. The maximum atomic E-state index is 11.5. The fraction of sp³-hybridized carbons (Fsp3) is 0.933. The molecule has 5 nitrogen and oxygen atoms in total. The van der Waals surface area contributed by atoms with Gasteiger partial charge in [0, 0.05) is 12.6 Å². The van der Waals surface area contributed by atoms with Crippen molar-refractivity contribution in [3.05, 3.63) is 0 Å². The molecule has 0 heterocycles. The lowest BCUT2D eigenvalue weighted by molar-refractivity contribution is 0.0182. The quantitative estimate of drug-likeness (QED) is 0.582. The summed E-state index contributed by atoms with van der Waals surface area (Å²) in [4.78, 5) is 11.5. The van der Waals surface area contributed by atoms with Gasteiger partial charge in [0.05, 0.1) is 6.10 Å². The Labute approximate surface area is 122 Å². The van der Waals surface area contributed by atoms with Crippen molar-refractivity contribution >= 4 is 6.09 Å². The number of hydrogen-bond acceptors (Lipinski definition) is 4. The second-order valence-electron chi connectivity index (χ2n) is 6.47. The van der Waals surface area contributed by atoms with Crippen molar-refractivity contribution in [1.29, 1.82) is 0 Å². The second-order valence-corrected chi connectivity index (χ2v) is 6.47. The molecule has 1 saturated carbocycles. The Morgan fingerprint density at radius 1 is 1.20 bits per heavy atom. The van der Waals surface area contributed by atoms with Gasteiger partial charge in [-0.1, -0.05) is 13.3 Å². The Bertz CT molecular complexity index is 281. The maximum absolute atomic E-state index is 11.5. The van der Waals surface area contributed by atoms with Crippen LogP contribution in [0.4, 0.5) is 4.79 Å². The molecule has 0 bridgehead atoms. The molecule has 20 heavy (non-hydrogen) atoms. The summed E-state index contributed by atoms with van der Waals surface area (Å²) in [5.41, 5.74) is 5.21. The van der Waals surface area contributed by atoms with Crippen molar-refractivity contribution in [3.8, 4) is 0 Å². The molecule has 0 saturated heterocycles. The van der Waals surface area contributed by atoms with Crippen molar-refractivity contribution < 1.29 is 14.3 Å². The van der Waals surface area contributed by atoms with Crippen molar-refractivity contribution in [2.24, 2.45) is 0 Å². The van der Waals surface area contributed by atoms with E-state index in [0.29, 0.717) is 12.1 Å². The molecule has 0 unspecified atom stereocenters. The van der Waals surface area contributed by atoms with Gasteiger partial charge in [-0.15, -0.1) is 0 Å². The Morgan fingerprint density at radius 2 is 1.85 bits per heavy atom. The minimum absolute atomic E-state index is 0.313. The second kappa shape index (κ2) is 8.47. The van der Waals surface area contributed by atoms with E-state index >= 15 is 0 Å². The van der Waals surface area contributed by atoms with Gasteiger partial charge in [0.15, 0.2) is 0 Å². The highest BCUT2D eigenvalue weighted by Crippen LogP contribution is 2.21. The molecule has 0 aliphatic heterocycles. The summed E-state index contributed by atoms with van der Waals surface area (Å²) >= 11 is 0. The highest BCUT2D eigenvalue weighted by atomic mass is 16.6. The molecule has 0 radical (unpaired) electrons. The van der Waals surface area contributed by atoms with E-state index in [1.807, 2.05) is 20.8 Å². The number of hydrazine groups is 1. The Morgan fingerprint density at radius 3 is 2.40 bits per heavy atom. The van der Waals surface area contributed by atoms with Crippen LogP contribution in [0.25, 0.3) is 0 Å². The topological polar surface area (TPSA) is 59.6 Å². The minimum atomic E-state index is -0.462. The van der Waals surface area contributed by atoms with E-state index in [2.05, 4.69) is 17.8 Å². The summed E-state index contributed by atoms with van der Waals surface area (Å²) in [6.45, 7) is 8.60. The van der Waals surface area contributed by atoms with E-state index in [1.54, 1.807) is 0 Å². The standard InChI is InChI=1S/C15H30N2O3/c1-5-6-11-19-13-9-7-12(8-10-13)16-17-14(18)20-15(2,3)4/h12-13,16H,5-11H2,1-4H3,(H,17,18). The smallest absolute Gasteiger partial charge is 0.422 e. The molecule has 5 heteroatoms. The number of unbranched alkanes of at least 4 members (excludes halogenated alkanes) is 1. The van der Waals surface area contributed by atoms with Gasteiger partial charge in [0.25, 0.3) is 0 Å². The number of hydrogen-bond donors (Lipinski definition) is 2. The van der Waals surface area contributed by atoms with Gasteiger partial charge < -0.3 is 9.47 Å². The van der Waals surface area contributed by atoms with Crippen LogP contribution in [-0.2, 0) is 9.47 Å². The first kappa shape index (κ1) is 17.2. The van der Waals surface area contributed by atoms with Crippen molar-refractivity contribution in [2.75, 3.05) is 6.61 Å². The molecule has 0 aromatic carbocycles. The zero-order chi connectivity index (χ0) is 15.0. The minimum Gasteiger partial charge on any atom is -0.443 e. The molecule has 1 aliphatic rings. The zero-order valence-electron chi connectivity index (χ0n) is 13.3. The van der Waals surface area contributed by atoms with Crippen molar-refractivity contribution in [1.82, 2.24) is 10.9 Å². The number of nitrogens with one attached hydrogen (secondary N) is 2. The lowest BCUT2D eigenvalue weighted by Crippen LogP contribution is -2.48. The number of ether oxygens (including phenoxy) is 2. The van der Waals surface area contributed by atoms with E-state index in [1.165, 1.54) is 6.42 Å². The van der Waals surface area contributed by atoms with Gasteiger partial charge in [0.2, 0.25) is 0 Å². The molecule has 1 rings (SSSR count). The van der Waals surface area contributed by atoms with E-state index in [0.717, 1.165) is 38.7 Å². The SMILES string of the molecule is CCCCOC1CCC(NNC(=O)OC(C)(C)C)CC1. The van der Waals surface area contributed by atoms with Crippen LogP contribution in [0.1, 0.15) is 66.2 Å². The van der Waals surface area contributed by atoms with Crippen LogP contribution in [0, 0.1) is 0 Å². The molecular weight excluding hydrogens is 256 g/mol. The van der Waals surface area contributed by atoms with Crippen LogP contribution in [0.5, 0.6) is 0 Å². The van der Waals surface area contributed by atoms with Crippen LogP contribution < -0.4 is 10.9 Å². The summed E-state index contributed by atoms with van der Waals surface area (Å²) in [6, 6.07) is 0.313.